The topological polar surface area (TPSA) is 85.4 Å². The molecular weight excluding hydrogens is 224 g/mol. The lowest BCUT2D eigenvalue weighted by atomic mass is 10.3. The first-order chi connectivity index (χ1) is 8.19. The number of unbranched alkanes of at least 4 members (excludes halogenated alkanes) is 1. The van der Waals surface area contributed by atoms with Gasteiger partial charge in [-0.05, 0) is 18.6 Å². The summed E-state index contributed by atoms with van der Waals surface area (Å²) in [5.74, 6) is 0.592. The molecule has 0 radical (unpaired) electrons. The molecule has 0 aliphatic carbocycles. The van der Waals surface area contributed by atoms with Crippen molar-refractivity contribution in [1.29, 1.82) is 5.26 Å². The van der Waals surface area contributed by atoms with E-state index in [0.29, 0.717) is 25.2 Å². The summed E-state index contributed by atoms with van der Waals surface area (Å²) in [7, 11) is 1.37. The minimum Gasteiger partial charge on any atom is -0.493 e. The van der Waals surface area contributed by atoms with E-state index in [9.17, 15) is 10.1 Å². The molecular formula is C11H12N2O4. The quantitative estimate of drug-likeness (QED) is 0.429. The Labute approximate surface area is 98.5 Å². The van der Waals surface area contributed by atoms with Crippen LogP contribution in [-0.2, 0) is 0 Å². The highest BCUT2D eigenvalue weighted by Crippen LogP contribution is 2.30. The van der Waals surface area contributed by atoms with Crippen LogP contribution in [0.4, 0.5) is 5.69 Å². The van der Waals surface area contributed by atoms with Crippen LogP contribution in [0.2, 0.25) is 0 Å². The van der Waals surface area contributed by atoms with E-state index in [1.807, 2.05) is 6.07 Å². The Bertz CT molecular complexity index is 440. The van der Waals surface area contributed by atoms with Crippen molar-refractivity contribution in [3.05, 3.63) is 28.3 Å². The zero-order chi connectivity index (χ0) is 12.7. The second-order valence-electron chi connectivity index (χ2n) is 3.20. The summed E-state index contributed by atoms with van der Waals surface area (Å²) in [5.41, 5.74) is -0.134. The number of hydrogen-bond donors (Lipinski definition) is 0. The smallest absolute Gasteiger partial charge is 0.314 e. The summed E-state index contributed by atoms with van der Waals surface area (Å²) >= 11 is 0. The minimum atomic E-state index is -0.527. The van der Waals surface area contributed by atoms with Crippen molar-refractivity contribution in [1.82, 2.24) is 0 Å². The number of hydrogen-bond acceptors (Lipinski definition) is 5. The SMILES string of the molecule is COc1ccc(OCCCC#N)cc1[N+](=O)[O-]. The Hall–Kier alpha value is -2.29. The van der Waals surface area contributed by atoms with Gasteiger partial charge in [0.15, 0.2) is 5.75 Å². The summed E-state index contributed by atoms with van der Waals surface area (Å²) in [6, 6.07) is 6.38. The molecule has 0 aliphatic rings. The summed E-state index contributed by atoms with van der Waals surface area (Å²) in [6.45, 7) is 0.358. The van der Waals surface area contributed by atoms with Crippen molar-refractivity contribution in [3.63, 3.8) is 0 Å². The fourth-order valence-corrected chi connectivity index (χ4v) is 1.24. The summed E-state index contributed by atoms with van der Waals surface area (Å²) in [4.78, 5) is 10.2. The van der Waals surface area contributed by atoms with Crippen molar-refractivity contribution >= 4 is 5.69 Å². The molecule has 0 N–H and O–H groups in total. The average Bonchev–Trinajstić information content (AvgIpc) is 2.34. The zero-order valence-corrected chi connectivity index (χ0v) is 9.38. The van der Waals surface area contributed by atoms with Crippen LogP contribution < -0.4 is 9.47 Å². The highest BCUT2D eigenvalue weighted by atomic mass is 16.6. The Morgan fingerprint density at radius 2 is 2.29 bits per heavy atom. The number of benzene rings is 1. The van der Waals surface area contributed by atoms with E-state index in [0.717, 1.165) is 0 Å². The first-order valence-electron chi connectivity index (χ1n) is 5.01. The number of nitriles is 1. The number of nitrogens with zero attached hydrogens (tertiary/aromatic N) is 2. The van der Waals surface area contributed by atoms with E-state index in [4.69, 9.17) is 14.7 Å². The van der Waals surface area contributed by atoms with Crippen LogP contribution in [0.3, 0.4) is 0 Å². The van der Waals surface area contributed by atoms with Gasteiger partial charge in [0.25, 0.3) is 0 Å². The van der Waals surface area contributed by atoms with Crippen molar-refractivity contribution in [3.8, 4) is 17.6 Å². The van der Waals surface area contributed by atoms with Gasteiger partial charge in [0, 0.05) is 6.42 Å². The highest BCUT2D eigenvalue weighted by Gasteiger charge is 2.15. The van der Waals surface area contributed by atoms with Gasteiger partial charge >= 0.3 is 5.69 Å². The maximum Gasteiger partial charge on any atom is 0.314 e. The van der Waals surface area contributed by atoms with E-state index in [1.54, 1.807) is 6.07 Å². The van der Waals surface area contributed by atoms with Gasteiger partial charge in [-0.15, -0.1) is 0 Å². The van der Waals surface area contributed by atoms with Crippen molar-refractivity contribution in [2.24, 2.45) is 0 Å². The molecule has 17 heavy (non-hydrogen) atoms. The van der Waals surface area contributed by atoms with Crippen LogP contribution in [0.1, 0.15) is 12.8 Å². The van der Waals surface area contributed by atoms with E-state index < -0.39 is 4.92 Å². The molecule has 0 heterocycles. The van der Waals surface area contributed by atoms with E-state index in [1.165, 1.54) is 19.2 Å². The molecule has 0 unspecified atom stereocenters. The van der Waals surface area contributed by atoms with E-state index in [2.05, 4.69) is 0 Å². The summed E-state index contributed by atoms with van der Waals surface area (Å²) in [5, 5.41) is 19.1. The van der Waals surface area contributed by atoms with E-state index in [-0.39, 0.29) is 11.4 Å². The Morgan fingerprint density at radius 3 is 2.88 bits per heavy atom. The summed E-state index contributed by atoms with van der Waals surface area (Å²) < 4.78 is 10.2. The maximum absolute atomic E-state index is 10.7. The second-order valence-corrected chi connectivity index (χ2v) is 3.20. The first-order valence-corrected chi connectivity index (χ1v) is 5.01. The highest BCUT2D eigenvalue weighted by molar-refractivity contribution is 5.50. The molecule has 0 atom stereocenters. The molecule has 0 spiro atoms. The standard InChI is InChI=1S/C11H12N2O4/c1-16-11-5-4-9(8-10(11)13(14)15)17-7-3-2-6-12/h4-5,8H,2-3,7H2,1H3. The molecule has 0 fully saturated rings. The lowest BCUT2D eigenvalue weighted by molar-refractivity contribution is -0.385. The van der Waals surface area contributed by atoms with Gasteiger partial charge in [-0.3, -0.25) is 10.1 Å². The number of ether oxygens (including phenoxy) is 2. The normalized spacial score (nSPS) is 9.41. The third-order valence-corrected chi connectivity index (χ3v) is 2.05. The first kappa shape index (κ1) is 12.8. The predicted molar refractivity (Wildman–Crippen MR) is 60.0 cm³/mol. The van der Waals surface area contributed by atoms with Crippen LogP contribution in [0.25, 0.3) is 0 Å². The molecule has 0 saturated carbocycles. The number of nitro benzene ring substituents is 1. The Kier molecular flexibility index (Phi) is 4.76. The van der Waals surface area contributed by atoms with Gasteiger partial charge < -0.3 is 9.47 Å². The van der Waals surface area contributed by atoms with Gasteiger partial charge in [0.1, 0.15) is 5.75 Å². The van der Waals surface area contributed by atoms with Gasteiger partial charge in [0.05, 0.1) is 30.8 Å². The molecule has 90 valence electrons. The average molecular weight is 236 g/mol. The van der Waals surface area contributed by atoms with Crippen LogP contribution >= 0.6 is 0 Å². The van der Waals surface area contributed by atoms with Crippen LogP contribution in [-0.4, -0.2) is 18.6 Å². The lowest BCUT2D eigenvalue weighted by Crippen LogP contribution is -1.99. The van der Waals surface area contributed by atoms with Crippen LogP contribution in [0, 0.1) is 21.4 Å². The monoisotopic (exact) mass is 236 g/mol. The Morgan fingerprint density at radius 1 is 1.53 bits per heavy atom. The van der Waals surface area contributed by atoms with Crippen molar-refractivity contribution < 1.29 is 14.4 Å². The fourth-order valence-electron chi connectivity index (χ4n) is 1.24. The van der Waals surface area contributed by atoms with Gasteiger partial charge in [0.2, 0.25) is 0 Å². The molecule has 1 aromatic rings. The van der Waals surface area contributed by atoms with Crippen molar-refractivity contribution in [2.45, 2.75) is 12.8 Å². The molecule has 6 heteroatoms. The van der Waals surface area contributed by atoms with Gasteiger partial charge in [-0.1, -0.05) is 0 Å². The molecule has 1 rings (SSSR count). The fraction of sp³-hybridized carbons (Fsp3) is 0.364. The number of methoxy groups -OCH3 is 1. The third kappa shape index (κ3) is 3.65. The van der Waals surface area contributed by atoms with Gasteiger partial charge in [-0.2, -0.15) is 5.26 Å². The molecule has 0 saturated heterocycles. The number of rotatable bonds is 6. The van der Waals surface area contributed by atoms with Gasteiger partial charge in [-0.25, -0.2) is 0 Å². The number of nitro groups is 1. The lowest BCUT2D eigenvalue weighted by Gasteiger charge is -2.06. The van der Waals surface area contributed by atoms with Crippen LogP contribution in [0.5, 0.6) is 11.5 Å². The molecule has 0 bridgehead atoms. The molecule has 0 aromatic heterocycles. The van der Waals surface area contributed by atoms with Crippen LogP contribution in [0.15, 0.2) is 18.2 Å². The predicted octanol–water partition coefficient (Wildman–Crippen LogP) is 2.29. The molecule has 1 aromatic carbocycles. The minimum absolute atomic E-state index is 0.134. The maximum atomic E-state index is 10.7. The summed E-state index contributed by atoms with van der Waals surface area (Å²) in [6.07, 6.45) is 0.995. The molecule has 0 aliphatic heterocycles. The molecule has 6 nitrogen and oxygen atoms in total. The molecule has 0 amide bonds. The zero-order valence-electron chi connectivity index (χ0n) is 9.38. The third-order valence-electron chi connectivity index (χ3n) is 2.05. The van der Waals surface area contributed by atoms with Crippen molar-refractivity contribution in [2.75, 3.05) is 13.7 Å². The second kappa shape index (κ2) is 6.33. The largest absolute Gasteiger partial charge is 0.493 e. The van der Waals surface area contributed by atoms with E-state index >= 15 is 0 Å². The Balaban J connectivity index is 2.72.